The molecule has 4 heteroatoms. The third kappa shape index (κ3) is 5.02. The summed E-state index contributed by atoms with van der Waals surface area (Å²) >= 11 is 0. The van der Waals surface area contributed by atoms with Gasteiger partial charge in [-0.2, -0.15) is 0 Å². The molecule has 0 saturated carbocycles. The SMILES string of the molecule is C=C\C=N/C=N/C(=C/C(=O)c1ccc(OC)cc1)CC. The number of aliphatic imine (C=N–C) groups is 2. The van der Waals surface area contributed by atoms with Crippen LogP contribution in [0, 0.1) is 0 Å². The van der Waals surface area contributed by atoms with E-state index in [-0.39, 0.29) is 5.78 Å². The quantitative estimate of drug-likeness (QED) is 0.330. The van der Waals surface area contributed by atoms with Gasteiger partial charge in [-0.3, -0.25) is 4.79 Å². The Morgan fingerprint density at radius 2 is 2.05 bits per heavy atom. The summed E-state index contributed by atoms with van der Waals surface area (Å²) in [5.74, 6) is 0.632. The zero-order valence-corrected chi connectivity index (χ0v) is 11.7. The Morgan fingerprint density at radius 3 is 2.60 bits per heavy atom. The molecule has 0 amide bonds. The predicted octanol–water partition coefficient (Wildman–Crippen LogP) is 3.46. The number of methoxy groups -OCH3 is 1. The van der Waals surface area contributed by atoms with Crippen molar-refractivity contribution in [2.75, 3.05) is 7.11 Å². The molecule has 20 heavy (non-hydrogen) atoms. The van der Waals surface area contributed by atoms with Gasteiger partial charge in [-0.1, -0.05) is 19.6 Å². The normalized spacial score (nSPS) is 12.0. The van der Waals surface area contributed by atoms with Crippen LogP contribution in [0.15, 0.2) is 58.7 Å². The Labute approximate surface area is 119 Å². The minimum atomic E-state index is -0.0886. The minimum absolute atomic E-state index is 0.0886. The lowest BCUT2D eigenvalue weighted by atomic mass is 10.1. The van der Waals surface area contributed by atoms with Gasteiger partial charge in [0, 0.05) is 23.6 Å². The van der Waals surface area contributed by atoms with E-state index in [0.717, 1.165) is 5.75 Å². The van der Waals surface area contributed by atoms with Crippen molar-refractivity contribution in [3.8, 4) is 5.75 Å². The lowest BCUT2D eigenvalue weighted by Gasteiger charge is -2.01. The molecule has 0 fully saturated rings. The fraction of sp³-hybridized carbons (Fsp3) is 0.188. The van der Waals surface area contributed by atoms with Crippen molar-refractivity contribution in [1.29, 1.82) is 0 Å². The number of carbonyl (C=O) groups is 1. The summed E-state index contributed by atoms with van der Waals surface area (Å²) in [6.45, 7) is 5.44. The van der Waals surface area contributed by atoms with E-state index in [1.807, 2.05) is 6.92 Å². The van der Waals surface area contributed by atoms with Crippen LogP contribution in [0.1, 0.15) is 23.7 Å². The summed E-state index contributed by atoms with van der Waals surface area (Å²) in [5, 5.41) is 0. The lowest BCUT2D eigenvalue weighted by molar-refractivity contribution is 0.104. The van der Waals surface area contributed by atoms with Crippen molar-refractivity contribution in [1.82, 2.24) is 0 Å². The summed E-state index contributed by atoms with van der Waals surface area (Å²) in [7, 11) is 1.59. The number of ketones is 1. The molecule has 104 valence electrons. The topological polar surface area (TPSA) is 51.0 Å². The van der Waals surface area contributed by atoms with Crippen molar-refractivity contribution in [3.63, 3.8) is 0 Å². The Bertz CT molecular complexity index is 540. The average molecular weight is 270 g/mol. The molecule has 0 heterocycles. The van der Waals surface area contributed by atoms with E-state index in [2.05, 4.69) is 16.6 Å². The number of allylic oxidation sites excluding steroid dienone is 3. The average Bonchev–Trinajstić information content (AvgIpc) is 2.50. The van der Waals surface area contributed by atoms with E-state index in [0.29, 0.717) is 17.7 Å². The summed E-state index contributed by atoms with van der Waals surface area (Å²) in [6.07, 6.45) is 6.66. The molecule has 0 unspecified atom stereocenters. The highest BCUT2D eigenvalue weighted by molar-refractivity contribution is 6.05. The van der Waals surface area contributed by atoms with E-state index >= 15 is 0 Å². The maximum Gasteiger partial charge on any atom is 0.187 e. The lowest BCUT2D eigenvalue weighted by Crippen LogP contribution is -1.96. The Morgan fingerprint density at radius 1 is 1.35 bits per heavy atom. The third-order valence-corrected chi connectivity index (χ3v) is 2.52. The summed E-state index contributed by atoms with van der Waals surface area (Å²) < 4.78 is 5.05. The molecule has 1 aromatic carbocycles. The van der Waals surface area contributed by atoms with Gasteiger partial charge in [0.05, 0.1) is 7.11 Å². The number of benzene rings is 1. The second-order valence-electron chi connectivity index (χ2n) is 3.86. The molecule has 0 spiro atoms. The molecule has 1 aromatic rings. The maximum atomic E-state index is 12.1. The molecule has 0 aliphatic carbocycles. The van der Waals surface area contributed by atoms with Crippen LogP contribution in [0.4, 0.5) is 0 Å². The van der Waals surface area contributed by atoms with Crippen LogP contribution in [0.3, 0.4) is 0 Å². The van der Waals surface area contributed by atoms with E-state index in [1.54, 1.807) is 37.5 Å². The fourth-order valence-electron chi connectivity index (χ4n) is 1.43. The molecule has 0 aliphatic heterocycles. The first-order valence-electron chi connectivity index (χ1n) is 6.27. The number of hydrogen-bond acceptors (Lipinski definition) is 3. The zero-order valence-electron chi connectivity index (χ0n) is 11.7. The number of rotatable bonds is 7. The predicted molar refractivity (Wildman–Crippen MR) is 82.9 cm³/mol. The van der Waals surface area contributed by atoms with Crippen molar-refractivity contribution in [3.05, 3.63) is 54.3 Å². The Hall–Kier alpha value is -2.49. The molecule has 0 aromatic heterocycles. The first kappa shape index (κ1) is 15.6. The molecule has 0 radical (unpaired) electrons. The van der Waals surface area contributed by atoms with Gasteiger partial charge in [-0.25, -0.2) is 9.98 Å². The highest BCUT2D eigenvalue weighted by Crippen LogP contribution is 2.13. The van der Waals surface area contributed by atoms with Gasteiger partial charge in [-0.15, -0.1) is 0 Å². The van der Waals surface area contributed by atoms with Gasteiger partial charge >= 0.3 is 0 Å². The highest BCUT2D eigenvalue weighted by atomic mass is 16.5. The first-order chi connectivity index (χ1) is 9.71. The molecule has 0 atom stereocenters. The second-order valence-corrected chi connectivity index (χ2v) is 3.86. The number of nitrogens with zero attached hydrogens (tertiary/aromatic N) is 2. The van der Waals surface area contributed by atoms with Gasteiger partial charge in [0.1, 0.15) is 12.1 Å². The van der Waals surface area contributed by atoms with Gasteiger partial charge < -0.3 is 4.74 Å². The van der Waals surface area contributed by atoms with E-state index in [1.165, 1.54) is 18.6 Å². The van der Waals surface area contributed by atoms with Gasteiger partial charge in [0.25, 0.3) is 0 Å². The number of ether oxygens (including phenoxy) is 1. The van der Waals surface area contributed by atoms with Crippen LogP contribution in [0.2, 0.25) is 0 Å². The zero-order chi connectivity index (χ0) is 14.8. The van der Waals surface area contributed by atoms with Crippen LogP contribution in [-0.4, -0.2) is 25.4 Å². The summed E-state index contributed by atoms with van der Waals surface area (Å²) in [4.78, 5) is 20.1. The molecule has 0 aliphatic rings. The molecule has 0 saturated heterocycles. The van der Waals surface area contributed by atoms with Crippen molar-refractivity contribution < 1.29 is 9.53 Å². The molecular formula is C16H18N2O2. The van der Waals surface area contributed by atoms with Crippen molar-refractivity contribution in [2.45, 2.75) is 13.3 Å². The minimum Gasteiger partial charge on any atom is -0.497 e. The highest BCUT2D eigenvalue weighted by Gasteiger charge is 2.04. The van der Waals surface area contributed by atoms with Crippen LogP contribution in [-0.2, 0) is 0 Å². The van der Waals surface area contributed by atoms with Gasteiger partial charge in [0.15, 0.2) is 5.78 Å². The number of hydrogen-bond donors (Lipinski definition) is 0. The summed E-state index contributed by atoms with van der Waals surface area (Å²) in [5.41, 5.74) is 1.27. The molecule has 4 nitrogen and oxygen atoms in total. The molecule has 0 bridgehead atoms. The van der Waals surface area contributed by atoms with E-state index in [4.69, 9.17) is 4.74 Å². The third-order valence-electron chi connectivity index (χ3n) is 2.52. The van der Waals surface area contributed by atoms with Crippen molar-refractivity contribution >= 4 is 18.3 Å². The first-order valence-corrected chi connectivity index (χ1v) is 6.27. The molecule has 1 rings (SSSR count). The van der Waals surface area contributed by atoms with Crippen LogP contribution in [0.25, 0.3) is 0 Å². The van der Waals surface area contributed by atoms with Gasteiger partial charge in [-0.05, 0) is 30.7 Å². The number of carbonyl (C=O) groups excluding carboxylic acids is 1. The van der Waals surface area contributed by atoms with Crippen LogP contribution < -0.4 is 4.74 Å². The van der Waals surface area contributed by atoms with Crippen LogP contribution in [0.5, 0.6) is 5.75 Å². The Kier molecular flexibility index (Phi) is 6.68. The fourth-order valence-corrected chi connectivity index (χ4v) is 1.43. The van der Waals surface area contributed by atoms with Crippen LogP contribution >= 0.6 is 0 Å². The summed E-state index contributed by atoms with van der Waals surface area (Å²) in [6, 6.07) is 6.96. The maximum absolute atomic E-state index is 12.1. The monoisotopic (exact) mass is 270 g/mol. The second kappa shape index (κ2) is 8.58. The molecular weight excluding hydrogens is 252 g/mol. The molecule has 0 N–H and O–H groups in total. The Balaban J connectivity index is 2.82. The van der Waals surface area contributed by atoms with Gasteiger partial charge in [0.2, 0.25) is 0 Å². The standard InChI is InChI=1S/C16H18N2O2/c1-4-10-17-12-18-14(5-2)11-16(19)13-6-8-15(20-3)9-7-13/h4,6-12H,1,5H2,2-3H3/b14-11+,17-10-,18-12+. The van der Waals surface area contributed by atoms with Crippen molar-refractivity contribution in [2.24, 2.45) is 9.98 Å². The largest absolute Gasteiger partial charge is 0.497 e. The smallest absolute Gasteiger partial charge is 0.187 e. The van der Waals surface area contributed by atoms with E-state index < -0.39 is 0 Å². The van der Waals surface area contributed by atoms with E-state index in [9.17, 15) is 4.79 Å².